The van der Waals surface area contributed by atoms with Crippen molar-refractivity contribution in [2.75, 3.05) is 0 Å². The molecule has 12 heavy (non-hydrogen) atoms. The first-order valence-corrected chi connectivity index (χ1v) is 4.19. The Hall–Kier alpha value is -1.05. The number of hydrogen-bond acceptors (Lipinski definition) is 2. The molecule has 0 amide bonds. The summed E-state index contributed by atoms with van der Waals surface area (Å²) in [5.74, 6) is 0.277. The molecule has 0 aromatic rings. The fourth-order valence-corrected chi connectivity index (χ4v) is 1.07. The molecule has 2 heteroatoms. The van der Waals surface area contributed by atoms with E-state index in [1.54, 1.807) is 18.9 Å². The van der Waals surface area contributed by atoms with Crippen LogP contribution < -0.4 is 0 Å². The van der Waals surface area contributed by atoms with E-state index in [2.05, 4.69) is 0 Å². The second-order valence-corrected chi connectivity index (χ2v) is 2.79. The summed E-state index contributed by atoms with van der Waals surface area (Å²) in [7, 11) is 0. The van der Waals surface area contributed by atoms with Gasteiger partial charge in [-0.3, -0.25) is 4.79 Å². The van der Waals surface area contributed by atoms with E-state index in [0.29, 0.717) is 12.8 Å². The Bertz CT molecular complexity index is 214. The highest BCUT2D eigenvalue weighted by molar-refractivity contribution is 5.81. The highest BCUT2D eigenvalue weighted by Crippen LogP contribution is 2.13. The molecule has 0 aromatic heterocycles. The van der Waals surface area contributed by atoms with Gasteiger partial charge in [-0.25, -0.2) is 0 Å². The fourth-order valence-electron chi connectivity index (χ4n) is 1.07. The highest BCUT2D eigenvalue weighted by atomic mass is 16.5. The van der Waals surface area contributed by atoms with Gasteiger partial charge < -0.3 is 4.74 Å². The number of allylic oxidation sites excluding steroid dienone is 2. The molecule has 1 heterocycles. The molecule has 1 radical (unpaired) electrons. The van der Waals surface area contributed by atoms with E-state index in [1.165, 1.54) is 0 Å². The van der Waals surface area contributed by atoms with Crippen molar-refractivity contribution in [3.63, 3.8) is 0 Å². The minimum atomic E-state index is 0.277. The molecule has 0 unspecified atom stereocenters. The Morgan fingerprint density at radius 1 is 1.58 bits per heavy atom. The number of Topliss-reactive ketones (excluding diaryl/α,β-unsaturated/α-hetero) is 1. The van der Waals surface area contributed by atoms with E-state index >= 15 is 0 Å². The molecule has 1 aliphatic heterocycles. The molecule has 0 spiro atoms. The molecule has 0 aromatic carbocycles. The normalized spacial score (nSPS) is 15.2. The average molecular weight is 165 g/mol. The molecule has 0 saturated heterocycles. The van der Waals surface area contributed by atoms with E-state index in [9.17, 15) is 4.79 Å². The molecule has 0 bridgehead atoms. The summed E-state index contributed by atoms with van der Waals surface area (Å²) in [6, 6.07) is 0. The first-order valence-electron chi connectivity index (χ1n) is 4.19. The third-order valence-electron chi connectivity index (χ3n) is 1.62. The van der Waals surface area contributed by atoms with Crippen LogP contribution in [0.25, 0.3) is 0 Å². The van der Waals surface area contributed by atoms with E-state index in [-0.39, 0.29) is 5.78 Å². The molecule has 1 rings (SSSR count). The second kappa shape index (κ2) is 4.75. The summed E-state index contributed by atoms with van der Waals surface area (Å²) in [6.07, 6.45) is 7.37. The topological polar surface area (TPSA) is 26.3 Å². The van der Waals surface area contributed by atoms with Crippen LogP contribution in [0.5, 0.6) is 0 Å². The van der Waals surface area contributed by atoms with Gasteiger partial charge in [-0.1, -0.05) is 13.0 Å². The van der Waals surface area contributed by atoms with Gasteiger partial charge in [0.2, 0.25) is 0 Å². The van der Waals surface area contributed by atoms with Crippen LogP contribution in [0.1, 0.15) is 26.2 Å². The smallest absolute Gasteiger partial charge is 0.160 e. The van der Waals surface area contributed by atoms with Gasteiger partial charge in [0.05, 0.1) is 6.26 Å². The van der Waals surface area contributed by atoms with Gasteiger partial charge in [0, 0.05) is 12.8 Å². The summed E-state index contributed by atoms with van der Waals surface area (Å²) in [6.45, 7) is 3.63. The quantitative estimate of drug-likeness (QED) is 0.639. The Morgan fingerprint density at radius 2 is 2.42 bits per heavy atom. The lowest BCUT2D eigenvalue weighted by Gasteiger charge is -2.07. The lowest BCUT2D eigenvalue weighted by Crippen LogP contribution is -2.01. The van der Waals surface area contributed by atoms with Crippen LogP contribution in [0.15, 0.2) is 24.0 Å². The minimum Gasteiger partial charge on any atom is -0.489 e. The number of ketones is 1. The highest BCUT2D eigenvalue weighted by Gasteiger charge is 2.06. The number of carbonyl (C=O) groups excluding carboxylic acids is 1. The molecule has 0 fully saturated rings. The summed E-state index contributed by atoms with van der Waals surface area (Å²) >= 11 is 0. The van der Waals surface area contributed by atoms with Crippen LogP contribution in [0.3, 0.4) is 0 Å². The molecule has 2 nitrogen and oxygen atoms in total. The van der Waals surface area contributed by atoms with Gasteiger partial charge >= 0.3 is 0 Å². The summed E-state index contributed by atoms with van der Waals surface area (Å²) < 4.78 is 4.94. The van der Waals surface area contributed by atoms with Crippen molar-refractivity contribution in [1.82, 2.24) is 0 Å². The molecular weight excluding hydrogens is 152 g/mol. The van der Waals surface area contributed by atoms with Crippen LogP contribution in [0.4, 0.5) is 0 Å². The first kappa shape index (κ1) is 9.04. The van der Waals surface area contributed by atoms with Crippen molar-refractivity contribution in [2.24, 2.45) is 0 Å². The average Bonchev–Trinajstić information content (AvgIpc) is 2.06. The maximum absolute atomic E-state index is 11.2. The number of carbonyl (C=O) groups is 1. The maximum Gasteiger partial charge on any atom is 0.160 e. The van der Waals surface area contributed by atoms with Crippen LogP contribution in [-0.2, 0) is 9.53 Å². The van der Waals surface area contributed by atoms with Crippen molar-refractivity contribution >= 4 is 5.78 Å². The third kappa shape index (κ3) is 2.91. The molecular formula is C10H13O2. The largest absolute Gasteiger partial charge is 0.489 e. The minimum absolute atomic E-state index is 0.277. The molecule has 0 aliphatic carbocycles. The molecule has 1 aliphatic rings. The SMILES string of the molecule is CCCC(=O)CC1=CC=CO[CH]1. The number of ether oxygens (including phenoxy) is 1. The Labute approximate surface area is 72.9 Å². The zero-order valence-electron chi connectivity index (χ0n) is 7.25. The number of rotatable bonds is 4. The van der Waals surface area contributed by atoms with Crippen molar-refractivity contribution in [1.29, 1.82) is 0 Å². The lowest BCUT2D eigenvalue weighted by molar-refractivity contribution is -0.118. The summed E-state index contributed by atoms with van der Waals surface area (Å²) in [5, 5.41) is 0. The Kier molecular flexibility index (Phi) is 3.58. The molecule has 0 N–H and O–H groups in total. The van der Waals surface area contributed by atoms with Crippen LogP contribution in [-0.4, -0.2) is 5.78 Å². The Balaban J connectivity index is 2.34. The lowest BCUT2D eigenvalue weighted by atomic mass is 10.1. The van der Waals surface area contributed by atoms with Gasteiger partial charge in [0.15, 0.2) is 6.61 Å². The summed E-state index contributed by atoms with van der Waals surface area (Å²) in [4.78, 5) is 11.2. The standard InChI is InChI=1S/C10H13O2/c1-2-4-10(11)7-9-5-3-6-12-8-9/h3,5-6,8H,2,4,7H2,1H3. The monoisotopic (exact) mass is 165 g/mol. The maximum atomic E-state index is 11.2. The first-order chi connectivity index (χ1) is 5.83. The zero-order valence-corrected chi connectivity index (χ0v) is 7.25. The van der Waals surface area contributed by atoms with Crippen LogP contribution in [0, 0.1) is 6.61 Å². The molecule has 0 saturated carbocycles. The fraction of sp³-hybridized carbons (Fsp3) is 0.400. The van der Waals surface area contributed by atoms with Crippen molar-refractivity contribution in [3.05, 3.63) is 30.6 Å². The van der Waals surface area contributed by atoms with Crippen LogP contribution >= 0.6 is 0 Å². The van der Waals surface area contributed by atoms with Crippen molar-refractivity contribution in [2.45, 2.75) is 26.2 Å². The molecule has 65 valence electrons. The van der Waals surface area contributed by atoms with E-state index in [4.69, 9.17) is 4.74 Å². The third-order valence-corrected chi connectivity index (χ3v) is 1.62. The van der Waals surface area contributed by atoms with Gasteiger partial charge in [0.25, 0.3) is 0 Å². The zero-order chi connectivity index (χ0) is 8.81. The van der Waals surface area contributed by atoms with E-state index in [0.717, 1.165) is 12.0 Å². The van der Waals surface area contributed by atoms with E-state index in [1.807, 2.05) is 13.0 Å². The molecule has 0 atom stereocenters. The second-order valence-electron chi connectivity index (χ2n) is 2.79. The van der Waals surface area contributed by atoms with E-state index < -0.39 is 0 Å². The van der Waals surface area contributed by atoms with Crippen molar-refractivity contribution < 1.29 is 9.53 Å². The predicted octanol–water partition coefficient (Wildman–Crippen LogP) is 2.38. The van der Waals surface area contributed by atoms with Gasteiger partial charge in [-0.05, 0) is 18.1 Å². The van der Waals surface area contributed by atoms with Gasteiger partial charge in [0.1, 0.15) is 5.78 Å². The Morgan fingerprint density at radius 3 is 3.00 bits per heavy atom. The number of hydrogen-bond donors (Lipinski definition) is 0. The van der Waals surface area contributed by atoms with Crippen LogP contribution in [0.2, 0.25) is 0 Å². The van der Waals surface area contributed by atoms with Crippen molar-refractivity contribution in [3.8, 4) is 0 Å². The predicted molar refractivity (Wildman–Crippen MR) is 47.1 cm³/mol. The summed E-state index contributed by atoms with van der Waals surface area (Å²) in [5.41, 5.74) is 0.955. The van der Waals surface area contributed by atoms with Gasteiger partial charge in [-0.15, -0.1) is 0 Å². The van der Waals surface area contributed by atoms with Gasteiger partial charge in [-0.2, -0.15) is 0 Å².